The molecule has 0 saturated carbocycles. The Bertz CT molecular complexity index is 375. The van der Waals surface area contributed by atoms with E-state index < -0.39 is 0 Å². The van der Waals surface area contributed by atoms with Crippen LogP contribution in [0.2, 0.25) is 0 Å². The van der Waals surface area contributed by atoms with E-state index in [4.69, 9.17) is 5.73 Å². The highest BCUT2D eigenvalue weighted by Crippen LogP contribution is 2.22. The average Bonchev–Trinajstić information content (AvgIpc) is 2.59. The number of hydrogen-bond acceptors (Lipinski definition) is 3. The zero-order valence-corrected chi connectivity index (χ0v) is 11.2. The summed E-state index contributed by atoms with van der Waals surface area (Å²) in [6.45, 7) is 7.75. The standard InChI is InChI=1S/C13H24N4/c1-13(2,3)9-10(14)8-12-16-15-11-6-4-5-7-17(11)12/h10H,4-9,14H2,1-3H3. The van der Waals surface area contributed by atoms with Gasteiger partial charge in [-0.3, -0.25) is 0 Å². The second kappa shape index (κ2) is 4.77. The van der Waals surface area contributed by atoms with Crippen LogP contribution in [0.1, 0.15) is 51.7 Å². The molecule has 0 bridgehead atoms. The fourth-order valence-electron chi connectivity index (χ4n) is 2.61. The fraction of sp³-hybridized carbons (Fsp3) is 0.846. The highest BCUT2D eigenvalue weighted by Gasteiger charge is 2.20. The molecule has 2 N–H and O–H groups in total. The number of rotatable bonds is 3. The van der Waals surface area contributed by atoms with Gasteiger partial charge < -0.3 is 10.3 Å². The number of nitrogens with zero attached hydrogens (tertiary/aromatic N) is 3. The van der Waals surface area contributed by atoms with Crippen LogP contribution < -0.4 is 5.73 Å². The highest BCUT2D eigenvalue weighted by molar-refractivity contribution is 5.00. The Hall–Kier alpha value is -0.900. The van der Waals surface area contributed by atoms with Gasteiger partial charge in [0.25, 0.3) is 0 Å². The lowest BCUT2D eigenvalue weighted by Gasteiger charge is -2.23. The minimum Gasteiger partial charge on any atom is -0.327 e. The van der Waals surface area contributed by atoms with Crippen LogP contribution in [0.25, 0.3) is 0 Å². The minimum absolute atomic E-state index is 0.185. The van der Waals surface area contributed by atoms with Gasteiger partial charge >= 0.3 is 0 Å². The van der Waals surface area contributed by atoms with Gasteiger partial charge in [0.05, 0.1) is 0 Å². The summed E-state index contributed by atoms with van der Waals surface area (Å²) in [5, 5.41) is 8.56. The third-order valence-electron chi connectivity index (χ3n) is 3.26. The van der Waals surface area contributed by atoms with Gasteiger partial charge in [0, 0.05) is 25.4 Å². The summed E-state index contributed by atoms with van der Waals surface area (Å²) < 4.78 is 2.27. The number of fused-ring (bicyclic) bond motifs is 1. The first kappa shape index (κ1) is 12.6. The molecule has 0 spiro atoms. The molecule has 0 saturated heterocycles. The second-order valence-electron chi connectivity index (χ2n) is 6.37. The fourth-order valence-corrected chi connectivity index (χ4v) is 2.61. The lowest BCUT2D eigenvalue weighted by atomic mass is 9.87. The largest absolute Gasteiger partial charge is 0.327 e. The van der Waals surface area contributed by atoms with E-state index in [1.807, 2.05) is 0 Å². The molecule has 4 nitrogen and oxygen atoms in total. The van der Waals surface area contributed by atoms with Crippen molar-refractivity contribution in [3.8, 4) is 0 Å². The zero-order valence-electron chi connectivity index (χ0n) is 11.2. The van der Waals surface area contributed by atoms with Crippen molar-refractivity contribution in [2.24, 2.45) is 11.1 Å². The zero-order chi connectivity index (χ0) is 12.5. The van der Waals surface area contributed by atoms with Gasteiger partial charge in [0.2, 0.25) is 0 Å². The monoisotopic (exact) mass is 236 g/mol. The normalized spacial score (nSPS) is 17.9. The number of hydrogen-bond donors (Lipinski definition) is 1. The van der Waals surface area contributed by atoms with Crippen LogP contribution in [0.5, 0.6) is 0 Å². The van der Waals surface area contributed by atoms with E-state index in [1.54, 1.807) is 0 Å². The van der Waals surface area contributed by atoms with Crippen molar-refractivity contribution < 1.29 is 0 Å². The van der Waals surface area contributed by atoms with Gasteiger partial charge in [-0.2, -0.15) is 0 Å². The van der Waals surface area contributed by atoms with E-state index >= 15 is 0 Å². The first-order valence-corrected chi connectivity index (χ1v) is 6.62. The minimum atomic E-state index is 0.185. The molecule has 2 heterocycles. The van der Waals surface area contributed by atoms with Crippen LogP contribution in [-0.2, 0) is 19.4 Å². The molecule has 2 rings (SSSR count). The molecule has 0 fully saturated rings. The molecule has 0 amide bonds. The van der Waals surface area contributed by atoms with Gasteiger partial charge in [-0.15, -0.1) is 10.2 Å². The molecular weight excluding hydrogens is 212 g/mol. The first-order valence-electron chi connectivity index (χ1n) is 6.62. The van der Waals surface area contributed by atoms with Crippen molar-refractivity contribution in [3.63, 3.8) is 0 Å². The Labute approximate surface area is 104 Å². The summed E-state index contributed by atoms with van der Waals surface area (Å²) in [5.74, 6) is 2.23. The van der Waals surface area contributed by atoms with E-state index in [9.17, 15) is 0 Å². The van der Waals surface area contributed by atoms with Gasteiger partial charge in [-0.1, -0.05) is 20.8 Å². The average molecular weight is 236 g/mol. The summed E-state index contributed by atoms with van der Waals surface area (Å²) >= 11 is 0. The van der Waals surface area contributed by atoms with Gasteiger partial charge in [-0.25, -0.2) is 0 Å². The Morgan fingerprint density at radius 2 is 2.06 bits per heavy atom. The summed E-state index contributed by atoms with van der Waals surface area (Å²) in [5.41, 5.74) is 6.48. The number of aromatic nitrogens is 3. The predicted molar refractivity (Wildman–Crippen MR) is 68.7 cm³/mol. The van der Waals surface area contributed by atoms with Crippen molar-refractivity contribution in [1.82, 2.24) is 14.8 Å². The lowest BCUT2D eigenvalue weighted by molar-refractivity contribution is 0.334. The van der Waals surface area contributed by atoms with Crippen molar-refractivity contribution >= 4 is 0 Å². The molecule has 96 valence electrons. The summed E-state index contributed by atoms with van der Waals surface area (Å²) in [6.07, 6.45) is 5.43. The number of nitrogens with two attached hydrogens (primary N) is 1. The maximum Gasteiger partial charge on any atom is 0.134 e. The van der Waals surface area contributed by atoms with Crippen LogP contribution in [0, 0.1) is 5.41 Å². The predicted octanol–water partition coefficient (Wildman–Crippen LogP) is 1.92. The van der Waals surface area contributed by atoms with E-state index in [-0.39, 0.29) is 11.5 Å². The Morgan fingerprint density at radius 3 is 2.76 bits per heavy atom. The molecule has 1 aliphatic rings. The van der Waals surface area contributed by atoms with Crippen molar-refractivity contribution in [1.29, 1.82) is 0 Å². The van der Waals surface area contributed by atoms with Gasteiger partial charge in [0.1, 0.15) is 11.6 Å². The third-order valence-corrected chi connectivity index (χ3v) is 3.26. The van der Waals surface area contributed by atoms with Gasteiger partial charge in [-0.05, 0) is 24.7 Å². The molecule has 1 aliphatic heterocycles. The maximum absolute atomic E-state index is 6.20. The van der Waals surface area contributed by atoms with Gasteiger partial charge in [0.15, 0.2) is 0 Å². The van der Waals surface area contributed by atoms with E-state index in [2.05, 4.69) is 35.5 Å². The maximum atomic E-state index is 6.20. The Balaban J connectivity index is 2.01. The van der Waals surface area contributed by atoms with Crippen LogP contribution in [-0.4, -0.2) is 20.8 Å². The van der Waals surface area contributed by atoms with E-state index in [1.165, 1.54) is 12.8 Å². The quantitative estimate of drug-likeness (QED) is 0.872. The molecule has 1 atom stereocenters. The van der Waals surface area contributed by atoms with Crippen LogP contribution in [0.15, 0.2) is 0 Å². The topological polar surface area (TPSA) is 56.7 Å². The lowest BCUT2D eigenvalue weighted by Crippen LogP contribution is -2.30. The first-order chi connectivity index (χ1) is 7.96. The van der Waals surface area contributed by atoms with Crippen molar-refractivity contribution in [2.45, 2.75) is 65.5 Å². The molecule has 0 radical (unpaired) electrons. The smallest absolute Gasteiger partial charge is 0.134 e. The summed E-state index contributed by atoms with van der Waals surface area (Å²) in [7, 11) is 0. The molecule has 0 aliphatic carbocycles. The Kier molecular flexibility index (Phi) is 3.52. The third kappa shape index (κ3) is 3.28. The molecule has 1 aromatic rings. The van der Waals surface area contributed by atoms with E-state index in [0.717, 1.165) is 37.5 Å². The molecule has 17 heavy (non-hydrogen) atoms. The van der Waals surface area contributed by atoms with Crippen LogP contribution in [0.4, 0.5) is 0 Å². The second-order valence-corrected chi connectivity index (χ2v) is 6.37. The molecular formula is C13H24N4. The van der Waals surface area contributed by atoms with Crippen molar-refractivity contribution in [3.05, 3.63) is 11.6 Å². The highest BCUT2D eigenvalue weighted by atomic mass is 15.3. The molecule has 0 aromatic carbocycles. The summed E-state index contributed by atoms with van der Waals surface area (Å²) in [4.78, 5) is 0. The molecule has 4 heteroatoms. The van der Waals surface area contributed by atoms with Crippen molar-refractivity contribution in [2.75, 3.05) is 0 Å². The Morgan fingerprint density at radius 1 is 1.29 bits per heavy atom. The SMILES string of the molecule is CC(C)(C)CC(N)Cc1nnc2n1CCCC2. The molecule has 1 unspecified atom stereocenters. The summed E-state index contributed by atoms with van der Waals surface area (Å²) in [6, 6.07) is 0.185. The molecule has 1 aromatic heterocycles. The number of aryl methyl sites for hydroxylation is 1. The van der Waals surface area contributed by atoms with Crippen LogP contribution >= 0.6 is 0 Å². The van der Waals surface area contributed by atoms with E-state index in [0.29, 0.717) is 0 Å². The van der Waals surface area contributed by atoms with Crippen LogP contribution in [0.3, 0.4) is 0 Å².